The van der Waals surface area contributed by atoms with Crippen LogP contribution in [0.5, 0.6) is 0 Å². The Morgan fingerprint density at radius 2 is 1.83 bits per heavy atom. The van der Waals surface area contributed by atoms with Gasteiger partial charge in [-0.25, -0.2) is 4.99 Å². The molecule has 6 heteroatoms. The number of aliphatic imine (C=N–C) groups is 1. The number of amides is 1. The van der Waals surface area contributed by atoms with Crippen molar-refractivity contribution in [2.24, 2.45) is 16.8 Å². The first-order valence-corrected chi connectivity index (χ1v) is 8.87. The van der Waals surface area contributed by atoms with Crippen LogP contribution in [0.25, 0.3) is 0 Å². The van der Waals surface area contributed by atoms with Gasteiger partial charge in [0.05, 0.1) is 0 Å². The standard InChI is InChI=1S/C17H32N4O.HI/c1-4-18-17(19-11-16(22)20-15-9-10-15)21(3)12-14-7-5-13(2)6-8-14;/h13-15H,4-12H2,1-3H3,(H,18,19)(H,20,22);1H. The van der Waals surface area contributed by atoms with Gasteiger partial charge in [0.25, 0.3) is 0 Å². The van der Waals surface area contributed by atoms with Crippen LogP contribution in [0.3, 0.4) is 0 Å². The molecule has 2 aliphatic carbocycles. The molecule has 134 valence electrons. The Hall–Kier alpha value is -0.530. The molecule has 23 heavy (non-hydrogen) atoms. The Labute approximate surface area is 158 Å². The van der Waals surface area contributed by atoms with E-state index >= 15 is 0 Å². The van der Waals surface area contributed by atoms with Crippen molar-refractivity contribution in [2.45, 2.75) is 58.4 Å². The summed E-state index contributed by atoms with van der Waals surface area (Å²) in [6.07, 6.45) is 7.55. The lowest BCUT2D eigenvalue weighted by atomic mass is 9.83. The Morgan fingerprint density at radius 1 is 1.17 bits per heavy atom. The molecule has 2 N–H and O–H groups in total. The lowest BCUT2D eigenvalue weighted by Gasteiger charge is -2.31. The van der Waals surface area contributed by atoms with Crippen LogP contribution in [0.1, 0.15) is 52.4 Å². The van der Waals surface area contributed by atoms with E-state index in [1.807, 2.05) is 0 Å². The summed E-state index contributed by atoms with van der Waals surface area (Å²) in [7, 11) is 2.08. The Morgan fingerprint density at radius 3 is 2.39 bits per heavy atom. The van der Waals surface area contributed by atoms with Crippen molar-refractivity contribution < 1.29 is 4.79 Å². The maximum Gasteiger partial charge on any atom is 0.242 e. The van der Waals surface area contributed by atoms with E-state index in [0.717, 1.165) is 43.7 Å². The van der Waals surface area contributed by atoms with Gasteiger partial charge in [-0.15, -0.1) is 24.0 Å². The average Bonchev–Trinajstić information content (AvgIpc) is 3.29. The zero-order chi connectivity index (χ0) is 15.9. The Bertz CT molecular complexity index is 390. The Kier molecular flexibility index (Phi) is 9.24. The van der Waals surface area contributed by atoms with Crippen molar-refractivity contribution in [1.82, 2.24) is 15.5 Å². The van der Waals surface area contributed by atoms with Crippen molar-refractivity contribution in [1.29, 1.82) is 0 Å². The molecule has 2 fully saturated rings. The van der Waals surface area contributed by atoms with Crippen LogP contribution in [0.15, 0.2) is 4.99 Å². The fraction of sp³-hybridized carbons (Fsp3) is 0.882. The second kappa shape index (κ2) is 10.4. The quantitative estimate of drug-likeness (QED) is 0.383. The summed E-state index contributed by atoms with van der Waals surface area (Å²) >= 11 is 0. The van der Waals surface area contributed by atoms with E-state index in [0.29, 0.717) is 6.04 Å². The third kappa shape index (κ3) is 7.72. The van der Waals surface area contributed by atoms with Gasteiger partial charge in [-0.05, 0) is 44.4 Å². The van der Waals surface area contributed by atoms with Crippen molar-refractivity contribution in [3.8, 4) is 0 Å². The van der Waals surface area contributed by atoms with E-state index in [-0.39, 0.29) is 36.4 Å². The second-order valence-electron chi connectivity index (χ2n) is 7.02. The van der Waals surface area contributed by atoms with Crippen LogP contribution >= 0.6 is 24.0 Å². The highest BCUT2D eigenvalue weighted by Gasteiger charge is 2.23. The lowest BCUT2D eigenvalue weighted by Crippen LogP contribution is -2.42. The molecule has 0 atom stereocenters. The monoisotopic (exact) mass is 436 g/mol. The van der Waals surface area contributed by atoms with Crippen LogP contribution in [0.2, 0.25) is 0 Å². The Balaban J connectivity index is 0.00000264. The van der Waals surface area contributed by atoms with Crippen LogP contribution in [-0.4, -0.2) is 49.5 Å². The minimum Gasteiger partial charge on any atom is -0.357 e. The number of halogens is 1. The molecule has 0 unspecified atom stereocenters. The highest BCUT2D eigenvalue weighted by molar-refractivity contribution is 14.0. The molecule has 2 rings (SSSR count). The summed E-state index contributed by atoms with van der Waals surface area (Å²) in [5.41, 5.74) is 0. The molecule has 0 aromatic heterocycles. The molecule has 0 aliphatic heterocycles. The number of carbonyl (C=O) groups is 1. The van der Waals surface area contributed by atoms with E-state index < -0.39 is 0 Å². The fourth-order valence-electron chi connectivity index (χ4n) is 3.10. The molecule has 0 bridgehead atoms. The number of rotatable bonds is 6. The number of guanidine groups is 1. The number of hydrogen-bond donors (Lipinski definition) is 2. The predicted molar refractivity (Wildman–Crippen MR) is 106 cm³/mol. The van der Waals surface area contributed by atoms with Crippen LogP contribution < -0.4 is 10.6 Å². The van der Waals surface area contributed by atoms with Gasteiger partial charge in [0.2, 0.25) is 5.91 Å². The predicted octanol–water partition coefficient (Wildman–Crippen LogP) is 2.61. The van der Waals surface area contributed by atoms with Gasteiger partial charge >= 0.3 is 0 Å². The van der Waals surface area contributed by atoms with Crippen molar-refractivity contribution >= 4 is 35.8 Å². The SMILES string of the molecule is CCNC(=NCC(=O)NC1CC1)N(C)CC1CCC(C)CC1.I. The smallest absolute Gasteiger partial charge is 0.242 e. The zero-order valence-electron chi connectivity index (χ0n) is 14.8. The number of nitrogens with zero attached hydrogens (tertiary/aromatic N) is 2. The molecule has 1 amide bonds. The first kappa shape index (κ1) is 20.5. The van der Waals surface area contributed by atoms with Gasteiger partial charge in [0.15, 0.2) is 5.96 Å². The van der Waals surface area contributed by atoms with Gasteiger partial charge in [0, 0.05) is 26.2 Å². The van der Waals surface area contributed by atoms with E-state index in [9.17, 15) is 4.79 Å². The van der Waals surface area contributed by atoms with Gasteiger partial charge in [-0.3, -0.25) is 4.79 Å². The molecule has 2 saturated carbocycles. The first-order valence-electron chi connectivity index (χ1n) is 8.87. The number of nitrogens with one attached hydrogen (secondary N) is 2. The molecule has 0 saturated heterocycles. The minimum absolute atomic E-state index is 0. The molecule has 0 aromatic rings. The maximum absolute atomic E-state index is 11.8. The molecule has 0 heterocycles. The molecular weight excluding hydrogens is 403 g/mol. The summed E-state index contributed by atoms with van der Waals surface area (Å²) in [4.78, 5) is 18.5. The van der Waals surface area contributed by atoms with Crippen molar-refractivity contribution in [2.75, 3.05) is 26.7 Å². The fourth-order valence-corrected chi connectivity index (χ4v) is 3.10. The molecular formula is C17H33IN4O. The van der Waals surface area contributed by atoms with Gasteiger partial charge < -0.3 is 15.5 Å². The topological polar surface area (TPSA) is 56.7 Å². The molecule has 0 radical (unpaired) electrons. The van der Waals surface area contributed by atoms with Crippen LogP contribution in [0.4, 0.5) is 0 Å². The summed E-state index contributed by atoms with van der Waals surface area (Å²) in [6.45, 7) is 6.50. The highest BCUT2D eigenvalue weighted by Crippen LogP contribution is 2.28. The summed E-state index contributed by atoms with van der Waals surface area (Å²) in [6, 6.07) is 0.409. The average molecular weight is 436 g/mol. The minimum atomic E-state index is 0. The largest absolute Gasteiger partial charge is 0.357 e. The highest BCUT2D eigenvalue weighted by atomic mass is 127. The number of hydrogen-bond acceptors (Lipinski definition) is 2. The second-order valence-corrected chi connectivity index (χ2v) is 7.02. The lowest BCUT2D eigenvalue weighted by molar-refractivity contribution is -0.119. The van der Waals surface area contributed by atoms with E-state index in [2.05, 4.69) is 41.4 Å². The van der Waals surface area contributed by atoms with Gasteiger partial charge in [0.1, 0.15) is 6.54 Å². The molecule has 0 spiro atoms. The number of carbonyl (C=O) groups excluding carboxylic acids is 1. The van der Waals surface area contributed by atoms with Gasteiger partial charge in [-0.1, -0.05) is 19.8 Å². The molecule has 0 aromatic carbocycles. The van der Waals surface area contributed by atoms with Crippen molar-refractivity contribution in [3.05, 3.63) is 0 Å². The summed E-state index contributed by atoms with van der Waals surface area (Å²) in [5, 5.41) is 6.29. The van der Waals surface area contributed by atoms with Crippen molar-refractivity contribution in [3.63, 3.8) is 0 Å². The third-order valence-corrected chi connectivity index (χ3v) is 4.68. The third-order valence-electron chi connectivity index (χ3n) is 4.68. The summed E-state index contributed by atoms with van der Waals surface area (Å²) in [5.74, 6) is 2.53. The van der Waals surface area contributed by atoms with Crippen LogP contribution in [-0.2, 0) is 4.79 Å². The van der Waals surface area contributed by atoms with E-state index in [1.165, 1.54) is 25.7 Å². The maximum atomic E-state index is 11.8. The first-order chi connectivity index (χ1) is 10.6. The van der Waals surface area contributed by atoms with Gasteiger partial charge in [-0.2, -0.15) is 0 Å². The zero-order valence-corrected chi connectivity index (χ0v) is 17.1. The summed E-state index contributed by atoms with van der Waals surface area (Å²) < 4.78 is 0. The van der Waals surface area contributed by atoms with Crippen LogP contribution in [0, 0.1) is 11.8 Å². The van der Waals surface area contributed by atoms with E-state index in [4.69, 9.17) is 0 Å². The molecule has 2 aliphatic rings. The van der Waals surface area contributed by atoms with E-state index in [1.54, 1.807) is 0 Å². The molecule has 5 nitrogen and oxygen atoms in total. The normalized spacial score (nSPS) is 24.6.